The molecule has 0 fully saturated rings. The largest absolute Gasteiger partial charge is 0.0617 e. The maximum atomic E-state index is 2.31. The molecule has 0 spiro atoms. The second-order valence-electron chi connectivity index (χ2n) is 26.8. The van der Waals surface area contributed by atoms with Gasteiger partial charge in [0.25, 0.3) is 0 Å². The summed E-state index contributed by atoms with van der Waals surface area (Å²) in [6.07, 6.45) is 6.64. The Kier molecular flexibility index (Phi) is 16.5. The number of benzene rings is 12. The van der Waals surface area contributed by atoms with Gasteiger partial charge < -0.3 is 0 Å². The molecule has 12 aromatic carbocycles. The molecule has 12 aromatic rings. The van der Waals surface area contributed by atoms with E-state index >= 15 is 0 Å². The van der Waals surface area contributed by atoms with Crippen molar-refractivity contribution in [3.63, 3.8) is 0 Å². The van der Waals surface area contributed by atoms with Gasteiger partial charge in [-0.25, -0.2) is 0 Å². The molecule has 0 nitrogen and oxygen atoms in total. The van der Waals surface area contributed by atoms with Gasteiger partial charge in [-0.1, -0.05) is 263 Å². The number of hydrogen-bond acceptors (Lipinski definition) is 0. The first-order valence-corrected chi connectivity index (χ1v) is 32.6. The summed E-state index contributed by atoms with van der Waals surface area (Å²) in [5.74, 6) is 0. The maximum Gasteiger partial charge on any atom is -0.000820 e. The lowest BCUT2D eigenvalue weighted by molar-refractivity contribution is 1.19. The lowest BCUT2D eigenvalue weighted by Crippen LogP contribution is -1.86. The number of hydrogen-bond donors (Lipinski definition) is 0. The molecule has 0 saturated heterocycles. The van der Waals surface area contributed by atoms with Crippen LogP contribution < -0.4 is 0 Å². The first-order valence-electron chi connectivity index (χ1n) is 32.6. The van der Waals surface area contributed by atoms with E-state index in [1.165, 1.54) is 200 Å². The molecule has 90 heavy (non-hydrogen) atoms. The van der Waals surface area contributed by atoms with Gasteiger partial charge in [-0.05, 0) is 277 Å². The summed E-state index contributed by atoms with van der Waals surface area (Å²) in [7, 11) is 0. The van der Waals surface area contributed by atoms with Crippen LogP contribution in [0.2, 0.25) is 0 Å². The predicted octanol–water partition coefficient (Wildman–Crippen LogP) is 23.2. The second kappa shape index (κ2) is 24.9. The van der Waals surface area contributed by atoms with Gasteiger partial charge in [0, 0.05) is 0 Å². The molecule has 0 N–H and O–H groups in total. The summed E-state index contributed by atoms with van der Waals surface area (Å²) >= 11 is 0. The normalized spacial score (nSPS) is 12.4. The van der Waals surface area contributed by atoms with Gasteiger partial charge in [0.1, 0.15) is 0 Å². The second-order valence-corrected chi connectivity index (χ2v) is 26.8. The molecule has 444 valence electrons. The lowest BCUT2D eigenvalue weighted by atomic mass is 10.00. The van der Waals surface area contributed by atoms with Gasteiger partial charge in [-0.3, -0.25) is 0 Å². The van der Waals surface area contributed by atoms with E-state index in [1.54, 1.807) is 0 Å². The summed E-state index contributed by atoms with van der Waals surface area (Å²) in [5, 5.41) is 0. The van der Waals surface area contributed by atoms with Crippen LogP contribution in [-0.4, -0.2) is 0 Å². The van der Waals surface area contributed by atoms with Gasteiger partial charge >= 0.3 is 0 Å². The van der Waals surface area contributed by atoms with Crippen LogP contribution in [0.25, 0.3) is 66.8 Å². The fourth-order valence-corrected chi connectivity index (χ4v) is 14.9. The number of rotatable bonds is 0. The zero-order valence-corrected chi connectivity index (χ0v) is 55.0. The summed E-state index contributed by atoms with van der Waals surface area (Å²) in [6, 6.07) is 80.6. The molecule has 0 aromatic heterocycles. The van der Waals surface area contributed by atoms with Gasteiger partial charge in [-0.2, -0.15) is 0 Å². The average molecular weight is 1170 g/mol. The van der Waals surface area contributed by atoms with Crippen LogP contribution in [0.1, 0.15) is 134 Å². The fraction of sp³-hybridized carbons (Fsp3) is 0.200. The molecule has 0 atom stereocenters. The highest BCUT2D eigenvalue weighted by Crippen LogP contribution is 2.44. The molecule has 6 aliphatic rings. The van der Waals surface area contributed by atoms with E-state index in [1.807, 2.05) is 0 Å². The minimum Gasteiger partial charge on any atom is -0.0617 e. The Bertz CT molecular complexity index is 4620. The Labute approximate surface area is 537 Å². The molecule has 0 radical (unpaired) electrons. The van der Waals surface area contributed by atoms with Gasteiger partial charge in [0.15, 0.2) is 0 Å². The van der Waals surface area contributed by atoms with Crippen molar-refractivity contribution < 1.29 is 0 Å². The Hall–Kier alpha value is -9.36. The van der Waals surface area contributed by atoms with Crippen LogP contribution in [0.3, 0.4) is 0 Å². The quantitative estimate of drug-likeness (QED) is 0.142. The van der Waals surface area contributed by atoms with Crippen molar-refractivity contribution in [3.8, 4) is 66.8 Å². The van der Waals surface area contributed by atoms with E-state index in [2.05, 4.69) is 301 Å². The highest BCUT2D eigenvalue weighted by Gasteiger charge is 2.24. The first kappa shape index (κ1) is 59.6. The molecule has 0 amide bonds. The predicted molar refractivity (Wildman–Crippen MR) is 385 cm³/mol. The Morgan fingerprint density at radius 1 is 0.167 bits per heavy atom. The standard InChI is InChI=1S/6C15H14/c1-10-4-6-14-13(7-10)9-12-5-3-11(2)8-15(12)14;1-10-3-5-14-12(7-10)9-13-8-11(2)4-6-15(13)14;1-10-3-5-12-9-13-6-4-11(2)8-15(13)14(12)7-10;1-10-5-3-7-12-13-8-4-6-11(2)15(13)9-14(10)12;1-10-6-7-13-12(8-10)9-15-11(2)4-3-5-14(13)15;1-10-6-7-14-13(8-10)9-12-5-3-4-11(2)15(12)14/h6*3-8H,9H2,1-2H3. The molecule has 0 heteroatoms. The van der Waals surface area contributed by atoms with E-state index in [9.17, 15) is 0 Å². The Morgan fingerprint density at radius 2 is 0.433 bits per heavy atom. The minimum atomic E-state index is 1.10. The minimum absolute atomic E-state index is 1.10. The van der Waals surface area contributed by atoms with E-state index in [0.29, 0.717) is 0 Å². The molecule has 6 aliphatic carbocycles. The van der Waals surface area contributed by atoms with Crippen molar-refractivity contribution in [2.24, 2.45) is 0 Å². The van der Waals surface area contributed by atoms with Crippen LogP contribution in [0.5, 0.6) is 0 Å². The topological polar surface area (TPSA) is 0 Å². The smallest absolute Gasteiger partial charge is 0.000820 e. The van der Waals surface area contributed by atoms with E-state index in [4.69, 9.17) is 0 Å². The van der Waals surface area contributed by atoms with Crippen LogP contribution in [-0.2, 0) is 38.5 Å². The van der Waals surface area contributed by atoms with Crippen LogP contribution in [0.4, 0.5) is 0 Å². The van der Waals surface area contributed by atoms with Crippen molar-refractivity contribution in [2.45, 2.75) is 122 Å². The SMILES string of the molecule is Cc1ccc2c(c1)-c1cc(C)ccc1C2.Cc1ccc2c(c1)Cc1c(C)cccc1-2.Cc1ccc2c(c1)Cc1cc(C)ccc1-2.Cc1ccc2c(c1)Cc1ccc(C)cc1-2.Cc1ccc2c(c1)Cc1cccc(C)c1-2.Cc1cccc2c1Cc1c(C)cccc1-2. The zero-order valence-electron chi connectivity index (χ0n) is 55.0. The van der Waals surface area contributed by atoms with Crippen molar-refractivity contribution in [1.29, 1.82) is 0 Å². The van der Waals surface area contributed by atoms with E-state index in [0.717, 1.165) is 38.5 Å². The molecule has 18 rings (SSSR count). The third kappa shape index (κ3) is 12.0. The monoisotopic (exact) mass is 1160 g/mol. The maximum absolute atomic E-state index is 2.31. The first-order chi connectivity index (χ1) is 43.5. The zero-order chi connectivity index (χ0) is 62.5. The molecule has 0 aliphatic heterocycles. The molecule has 0 unspecified atom stereocenters. The highest BCUT2D eigenvalue weighted by atomic mass is 14.3. The molecular formula is C90H84. The van der Waals surface area contributed by atoms with Crippen LogP contribution in [0, 0.1) is 83.1 Å². The van der Waals surface area contributed by atoms with Crippen LogP contribution >= 0.6 is 0 Å². The number of aryl methyl sites for hydroxylation is 12. The summed E-state index contributed by atoms with van der Waals surface area (Å²) in [4.78, 5) is 0. The van der Waals surface area contributed by atoms with Gasteiger partial charge in [-0.15, -0.1) is 0 Å². The summed E-state index contributed by atoms with van der Waals surface area (Å²) in [5.41, 5.74) is 51.6. The number of fused-ring (bicyclic) bond motifs is 18. The fourth-order valence-electron chi connectivity index (χ4n) is 14.9. The van der Waals surface area contributed by atoms with Crippen molar-refractivity contribution in [1.82, 2.24) is 0 Å². The van der Waals surface area contributed by atoms with Gasteiger partial charge in [0.2, 0.25) is 0 Å². The van der Waals surface area contributed by atoms with Crippen molar-refractivity contribution in [3.05, 3.63) is 352 Å². The Balaban J connectivity index is 0.0000000991. The van der Waals surface area contributed by atoms with Crippen LogP contribution in [0.15, 0.2) is 218 Å². The molecule has 0 heterocycles. The summed E-state index contributed by atoms with van der Waals surface area (Å²) < 4.78 is 0. The average Bonchev–Trinajstić information content (AvgIpc) is 1.96. The highest BCUT2D eigenvalue weighted by molar-refractivity contribution is 5.83. The molecule has 0 bridgehead atoms. The van der Waals surface area contributed by atoms with E-state index in [-0.39, 0.29) is 0 Å². The third-order valence-corrected chi connectivity index (χ3v) is 19.7. The Morgan fingerprint density at radius 3 is 0.867 bits per heavy atom. The molecular weight excluding hydrogens is 1080 g/mol. The third-order valence-electron chi connectivity index (χ3n) is 19.7. The van der Waals surface area contributed by atoms with Gasteiger partial charge in [0.05, 0.1) is 0 Å². The van der Waals surface area contributed by atoms with Crippen molar-refractivity contribution in [2.75, 3.05) is 0 Å². The van der Waals surface area contributed by atoms with E-state index < -0.39 is 0 Å². The lowest BCUT2D eigenvalue weighted by Gasteiger charge is -2.05. The molecule has 0 saturated carbocycles. The summed E-state index contributed by atoms with van der Waals surface area (Å²) in [6.45, 7) is 26.1. The van der Waals surface area contributed by atoms with Crippen molar-refractivity contribution >= 4 is 0 Å².